The highest BCUT2D eigenvalue weighted by Gasteiger charge is 1.90. The number of pyridine rings is 1. The van der Waals surface area contributed by atoms with E-state index in [0.717, 1.165) is 0 Å². The average molecular weight is 124 g/mol. The SMILES string of the molecule is NCc1c[nH]ccc1=O. The predicted octanol–water partition coefficient (Wildman–Crippen LogP) is -0.166. The van der Waals surface area contributed by atoms with Gasteiger partial charge in [-0.3, -0.25) is 4.79 Å². The van der Waals surface area contributed by atoms with Crippen LogP contribution in [0.15, 0.2) is 23.3 Å². The van der Waals surface area contributed by atoms with Crippen LogP contribution in [0.4, 0.5) is 0 Å². The van der Waals surface area contributed by atoms with E-state index in [1.54, 1.807) is 12.4 Å². The molecule has 0 spiro atoms. The Bertz CT molecular complexity index is 241. The molecule has 48 valence electrons. The van der Waals surface area contributed by atoms with Gasteiger partial charge in [0.05, 0.1) is 0 Å². The van der Waals surface area contributed by atoms with Gasteiger partial charge >= 0.3 is 0 Å². The van der Waals surface area contributed by atoms with E-state index in [0.29, 0.717) is 12.1 Å². The van der Waals surface area contributed by atoms with Gasteiger partial charge in [0, 0.05) is 30.6 Å². The first-order valence-corrected chi connectivity index (χ1v) is 2.70. The standard InChI is InChI=1S/C6H8N2O/c7-3-5-4-8-2-1-6(5)9/h1-2,4H,3,7H2,(H,8,9). The summed E-state index contributed by atoms with van der Waals surface area (Å²) < 4.78 is 0. The Kier molecular flexibility index (Phi) is 1.65. The molecule has 0 saturated heterocycles. The van der Waals surface area contributed by atoms with Gasteiger partial charge in [0.25, 0.3) is 0 Å². The Hall–Kier alpha value is -1.09. The highest BCUT2D eigenvalue weighted by molar-refractivity contribution is 5.07. The number of aromatic nitrogens is 1. The summed E-state index contributed by atoms with van der Waals surface area (Å²) in [5, 5.41) is 0. The lowest BCUT2D eigenvalue weighted by Crippen LogP contribution is -2.11. The Labute approximate surface area is 52.5 Å². The van der Waals surface area contributed by atoms with Gasteiger partial charge in [-0.15, -0.1) is 0 Å². The summed E-state index contributed by atoms with van der Waals surface area (Å²) in [5.41, 5.74) is 5.85. The monoisotopic (exact) mass is 124 g/mol. The summed E-state index contributed by atoms with van der Waals surface area (Å²) in [6.45, 7) is 0.302. The van der Waals surface area contributed by atoms with Crippen LogP contribution >= 0.6 is 0 Å². The van der Waals surface area contributed by atoms with E-state index in [-0.39, 0.29) is 5.43 Å². The summed E-state index contributed by atoms with van der Waals surface area (Å²) in [7, 11) is 0. The molecule has 0 aromatic carbocycles. The van der Waals surface area contributed by atoms with Gasteiger partial charge in [0.1, 0.15) is 0 Å². The Morgan fingerprint density at radius 3 is 2.89 bits per heavy atom. The minimum atomic E-state index is -0.00347. The van der Waals surface area contributed by atoms with E-state index in [1.165, 1.54) is 6.07 Å². The van der Waals surface area contributed by atoms with Crippen molar-refractivity contribution in [3.05, 3.63) is 34.2 Å². The summed E-state index contributed by atoms with van der Waals surface area (Å²) >= 11 is 0. The minimum absolute atomic E-state index is 0.00347. The molecule has 0 radical (unpaired) electrons. The third-order valence-electron chi connectivity index (χ3n) is 1.12. The molecule has 9 heavy (non-hydrogen) atoms. The highest BCUT2D eigenvalue weighted by atomic mass is 16.1. The van der Waals surface area contributed by atoms with Crippen molar-refractivity contribution in [3.63, 3.8) is 0 Å². The Morgan fingerprint density at radius 2 is 2.44 bits per heavy atom. The lowest BCUT2D eigenvalue weighted by atomic mass is 10.3. The fraction of sp³-hybridized carbons (Fsp3) is 0.167. The van der Waals surface area contributed by atoms with Crippen LogP contribution in [0.25, 0.3) is 0 Å². The van der Waals surface area contributed by atoms with Crippen LogP contribution in [0.5, 0.6) is 0 Å². The molecule has 0 amide bonds. The van der Waals surface area contributed by atoms with Gasteiger partial charge < -0.3 is 10.7 Å². The van der Waals surface area contributed by atoms with Crippen molar-refractivity contribution >= 4 is 0 Å². The first-order valence-electron chi connectivity index (χ1n) is 2.70. The number of H-pyrrole nitrogens is 1. The Morgan fingerprint density at radius 1 is 1.67 bits per heavy atom. The first kappa shape index (κ1) is 6.04. The zero-order chi connectivity index (χ0) is 6.69. The maximum Gasteiger partial charge on any atom is 0.186 e. The highest BCUT2D eigenvalue weighted by Crippen LogP contribution is 1.82. The molecule has 1 aromatic heterocycles. The number of hydrogen-bond donors (Lipinski definition) is 2. The zero-order valence-corrected chi connectivity index (χ0v) is 4.92. The van der Waals surface area contributed by atoms with Crippen LogP contribution in [-0.2, 0) is 6.54 Å². The van der Waals surface area contributed by atoms with Crippen LogP contribution in [0.3, 0.4) is 0 Å². The van der Waals surface area contributed by atoms with E-state index >= 15 is 0 Å². The van der Waals surface area contributed by atoms with Gasteiger partial charge in [-0.05, 0) is 0 Å². The smallest absolute Gasteiger partial charge is 0.186 e. The quantitative estimate of drug-likeness (QED) is 0.546. The largest absolute Gasteiger partial charge is 0.367 e. The molecule has 0 aliphatic carbocycles. The molecule has 0 unspecified atom stereocenters. The molecule has 0 fully saturated rings. The molecule has 0 aliphatic heterocycles. The van der Waals surface area contributed by atoms with Crippen LogP contribution < -0.4 is 11.2 Å². The minimum Gasteiger partial charge on any atom is -0.367 e. The molecule has 1 rings (SSSR count). The Balaban J connectivity index is 3.16. The van der Waals surface area contributed by atoms with Gasteiger partial charge in [-0.1, -0.05) is 0 Å². The number of rotatable bonds is 1. The van der Waals surface area contributed by atoms with Crippen molar-refractivity contribution in [1.82, 2.24) is 4.98 Å². The second-order valence-corrected chi connectivity index (χ2v) is 1.74. The fourth-order valence-electron chi connectivity index (χ4n) is 0.610. The second-order valence-electron chi connectivity index (χ2n) is 1.74. The van der Waals surface area contributed by atoms with Crippen molar-refractivity contribution in [3.8, 4) is 0 Å². The van der Waals surface area contributed by atoms with Gasteiger partial charge in [-0.25, -0.2) is 0 Å². The topological polar surface area (TPSA) is 58.9 Å². The second kappa shape index (κ2) is 2.46. The van der Waals surface area contributed by atoms with Gasteiger partial charge in [-0.2, -0.15) is 0 Å². The number of aromatic amines is 1. The first-order chi connectivity index (χ1) is 4.34. The van der Waals surface area contributed by atoms with Crippen LogP contribution in [0.2, 0.25) is 0 Å². The van der Waals surface area contributed by atoms with Crippen molar-refractivity contribution in [2.75, 3.05) is 0 Å². The zero-order valence-electron chi connectivity index (χ0n) is 4.92. The molecule has 3 heteroatoms. The maximum atomic E-state index is 10.8. The maximum absolute atomic E-state index is 10.8. The third-order valence-corrected chi connectivity index (χ3v) is 1.12. The molecule has 3 N–H and O–H groups in total. The van der Waals surface area contributed by atoms with Crippen molar-refractivity contribution in [1.29, 1.82) is 0 Å². The van der Waals surface area contributed by atoms with Crippen LogP contribution in [0.1, 0.15) is 5.56 Å². The average Bonchev–Trinajstić information content (AvgIpc) is 1.89. The van der Waals surface area contributed by atoms with Gasteiger partial charge in [0.2, 0.25) is 0 Å². The van der Waals surface area contributed by atoms with Crippen molar-refractivity contribution in [2.24, 2.45) is 5.73 Å². The van der Waals surface area contributed by atoms with E-state index in [4.69, 9.17) is 5.73 Å². The van der Waals surface area contributed by atoms with E-state index in [9.17, 15) is 4.79 Å². The molecule has 0 atom stereocenters. The van der Waals surface area contributed by atoms with E-state index < -0.39 is 0 Å². The molecular weight excluding hydrogens is 116 g/mol. The van der Waals surface area contributed by atoms with Crippen LogP contribution in [0, 0.1) is 0 Å². The number of nitrogens with two attached hydrogens (primary N) is 1. The molecule has 1 aromatic rings. The number of hydrogen-bond acceptors (Lipinski definition) is 2. The molecular formula is C6H8N2O. The number of nitrogens with one attached hydrogen (secondary N) is 1. The molecule has 0 bridgehead atoms. The van der Waals surface area contributed by atoms with Crippen molar-refractivity contribution in [2.45, 2.75) is 6.54 Å². The summed E-state index contributed by atoms with van der Waals surface area (Å²) in [6.07, 6.45) is 3.20. The molecule has 0 aliphatic rings. The predicted molar refractivity (Wildman–Crippen MR) is 35.0 cm³/mol. The molecule has 1 heterocycles. The van der Waals surface area contributed by atoms with Crippen molar-refractivity contribution < 1.29 is 0 Å². The molecule has 0 saturated carbocycles. The lowest BCUT2D eigenvalue weighted by Gasteiger charge is -1.89. The summed E-state index contributed by atoms with van der Waals surface area (Å²) in [6, 6.07) is 1.46. The summed E-state index contributed by atoms with van der Waals surface area (Å²) in [5.74, 6) is 0. The lowest BCUT2D eigenvalue weighted by molar-refractivity contribution is 1.03. The van der Waals surface area contributed by atoms with Crippen LogP contribution in [-0.4, -0.2) is 4.98 Å². The third kappa shape index (κ3) is 1.17. The van der Waals surface area contributed by atoms with E-state index in [2.05, 4.69) is 4.98 Å². The summed E-state index contributed by atoms with van der Waals surface area (Å²) in [4.78, 5) is 13.5. The van der Waals surface area contributed by atoms with E-state index in [1.807, 2.05) is 0 Å². The fourth-order valence-corrected chi connectivity index (χ4v) is 0.610. The normalized spacial score (nSPS) is 9.44. The molecule has 3 nitrogen and oxygen atoms in total. The van der Waals surface area contributed by atoms with Gasteiger partial charge in [0.15, 0.2) is 5.43 Å².